The summed E-state index contributed by atoms with van der Waals surface area (Å²) < 4.78 is 9.09. The molecule has 3 fully saturated rings. The molecule has 7 rings (SSSR count). The van der Waals surface area contributed by atoms with Crippen LogP contribution in [0.4, 0.5) is 15.3 Å². The molecule has 0 saturated carbocycles. The summed E-state index contributed by atoms with van der Waals surface area (Å²) in [5, 5.41) is 12.7. The maximum absolute atomic E-state index is 12.7. The summed E-state index contributed by atoms with van der Waals surface area (Å²) in [4.78, 5) is 59.7. The van der Waals surface area contributed by atoms with Crippen molar-refractivity contribution in [2.24, 2.45) is 24.8 Å². The Balaban J connectivity index is 0.000000277. The normalized spacial score (nSPS) is 18.1. The molecular weight excluding hydrogens is 735 g/mol. The van der Waals surface area contributed by atoms with E-state index in [0.717, 1.165) is 62.1 Å². The van der Waals surface area contributed by atoms with Crippen molar-refractivity contribution in [1.29, 1.82) is 0 Å². The smallest absolute Gasteiger partial charge is 0.416 e. The lowest BCUT2D eigenvalue weighted by atomic mass is 9.98. The summed E-state index contributed by atoms with van der Waals surface area (Å²) in [6, 6.07) is 11.1. The van der Waals surface area contributed by atoms with E-state index in [0.29, 0.717) is 55.9 Å². The highest BCUT2D eigenvalue weighted by Gasteiger charge is 2.25. The summed E-state index contributed by atoms with van der Waals surface area (Å²) in [5.74, 6) is 2.72. The van der Waals surface area contributed by atoms with Crippen molar-refractivity contribution in [3.8, 4) is 5.88 Å². The number of carbonyl (C=O) groups excluding carboxylic acids is 2. The number of aromatic nitrogens is 5. The minimum Gasteiger partial charge on any atom is -0.465 e. The highest BCUT2D eigenvalue weighted by molar-refractivity contribution is 7.99. The zero-order valence-electron chi connectivity index (χ0n) is 32.2. The first-order valence-corrected chi connectivity index (χ1v) is 20.4. The van der Waals surface area contributed by atoms with Gasteiger partial charge in [-0.3, -0.25) is 9.69 Å². The maximum Gasteiger partial charge on any atom is 0.416 e. The van der Waals surface area contributed by atoms with Crippen LogP contribution in [0.15, 0.2) is 78.9 Å². The molecule has 1 atom stereocenters. The number of rotatable bonds is 11. The van der Waals surface area contributed by atoms with Crippen LogP contribution in [0.25, 0.3) is 0 Å². The second kappa shape index (κ2) is 20.2. The predicted octanol–water partition coefficient (Wildman–Crippen LogP) is 6.00. The number of aryl methyl sites for hydroxylation is 1. The number of nitrogens with one attached hydrogen (secondary N) is 1. The first-order chi connectivity index (χ1) is 27.2. The van der Waals surface area contributed by atoms with Crippen molar-refractivity contribution in [2.45, 2.75) is 57.1 Å². The van der Waals surface area contributed by atoms with E-state index in [1.165, 1.54) is 29.5 Å². The molecule has 0 radical (unpaired) electrons. The van der Waals surface area contributed by atoms with Crippen molar-refractivity contribution in [3.05, 3.63) is 84.8 Å². The summed E-state index contributed by atoms with van der Waals surface area (Å²) >= 11 is 1.76. The van der Waals surface area contributed by atoms with E-state index in [9.17, 15) is 14.4 Å². The van der Waals surface area contributed by atoms with Crippen molar-refractivity contribution >= 4 is 35.5 Å². The van der Waals surface area contributed by atoms with Crippen LogP contribution >= 0.6 is 11.8 Å². The van der Waals surface area contributed by atoms with Gasteiger partial charge in [0.2, 0.25) is 5.88 Å². The predicted molar refractivity (Wildman–Crippen MR) is 213 cm³/mol. The van der Waals surface area contributed by atoms with Crippen LogP contribution in [0.2, 0.25) is 0 Å². The third kappa shape index (κ3) is 12.2. The molecule has 16 heteroatoms. The Labute approximate surface area is 332 Å². The van der Waals surface area contributed by atoms with Crippen LogP contribution in [0.5, 0.6) is 5.88 Å². The first-order valence-electron chi connectivity index (χ1n) is 19.4. The molecule has 1 aromatic carbocycles. The molecule has 2 N–H and O–H groups in total. The summed E-state index contributed by atoms with van der Waals surface area (Å²) in [7, 11) is 2.00. The van der Waals surface area contributed by atoms with Gasteiger partial charge in [0.05, 0.1) is 18.1 Å². The van der Waals surface area contributed by atoms with Gasteiger partial charge in [0.1, 0.15) is 12.9 Å². The van der Waals surface area contributed by atoms with Crippen LogP contribution in [0, 0.1) is 17.8 Å². The van der Waals surface area contributed by atoms with E-state index in [-0.39, 0.29) is 11.8 Å². The van der Waals surface area contributed by atoms with Gasteiger partial charge in [0.25, 0.3) is 5.91 Å². The number of piperidine rings is 3. The number of benzene rings is 1. The molecule has 0 bridgehead atoms. The van der Waals surface area contributed by atoms with Crippen LogP contribution in [-0.2, 0) is 13.6 Å². The Morgan fingerprint density at radius 1 is 0.893 bits per heavy atom. The van der Waals surface area contributed by atoms with Gasteiger partial charge in [0, 0.05) is 82.3 Å². The standard InChI is InChI=1S/C30H38N6O3S.C10H15N3O3/c1-22-4-3-14-35(19-22)20-23-5-7-25(8-6-23)28(37)33-26-9-10-27(32-18-26)39-30(38)36-15-11-24(12-16-36)21-40-29-31-13-17-34(29)2;14-10(15)12-4-1-9(2-5-12)7-16-13-6-3-11-8-13/h5-10,13,17-18,22,24H,3-4,11-12,14-16,19-21H2,1-2H3,(H,33,37);3,6,8-9H,1-2,4-5,7H2,(H,14,15). The van der Waals surface area contributed by atoms with Crippen LogP contribution in [0.1, 0.15) is 61.4 Å². The van der Waals surface area contributed by atoms with Gasteiger partial charge in [-0.05, 0) is 86.6 Å². The molecule has 6 heterocycles. The fourth-order valence-electron chi connectivity index (χ4n) is 7.09. The molecule has 3 saturated heterocycles. The highest BCUT2D eigenvalue weighted by Crippen LogP contribution is 2.26. The van der Waals surface area contributed by atoms with Crippen LogP contribution in [-0.4, -0.2) is 114 Å². The molecule has 0 aliphatic carbocycles. The van der Waals surface area contributed by atoms with Crippen molar-refractivity contribution in [1.82, 2.24) is 38.9 Å². The Kier molecular flexibility index (Phi) is 14.6. The molecule has 1 unspecified atom stereocenters. The SMILES string of the molecule is CC1CCCN(Cc2ccc(C(=O)Nc3ccc(OC(=O)N4CCC(CSc5nccn5C)CC4)nc3)cc2)C1.O=C(O)N1CCC(COn2ccnc2)CC1. The number of nitrogens with zero attached hydrogens (tertiary/aromatic N) is 8. The summed E-state index contributed by atoms with van der Waals surface area (Å²) in [6.07, 6.45) is 15.2. The Morgan fingerprint density at radius 3 is 2.29 bits per heavy atom. The number of amides is 3. The highest BCUT2D eigenvalue weighted by atomic mass is 32.2. The lowest BCUT2D eigenvalue weighted by molar-refractivity contribution is 0.0531. The van der Waals surface area contributed by atoms with Crippen molar-refractivity contribution in [3.63, 3.8) is 0 Å². The third-order valence-electron chi connectivity index (χ3n) is 10.5. The second-order valence-corrected chi connectivity index (χ2v) is 15.9. The van der Waals surface area contributed by atoms with E-state index in [1.807, 2.05) is 48.3 Å². The van der Waals surface area contributed by atoms with Gasteiger partial charge in [-0.15, -0.1) is 0 Å². The number of pyridine rings is 1. The zero-order valence-corrected chi connectivity index (χ0v) is 33.1. The van der Waals surface area contributed by atoms with Crippen molar-refractivity contribution < 1.29 is 29.1 Å². The molecule has 56 heavy (non-hydrogen) atoms. The van der Waals surface area contributed by atoms with Gasteiger partial charge < -0.3 is 34.4 Å². The molecular formula is C40H53N9O6S. The Bertz CT molecular complexity index is 1820. The minimum atomic E-state index is -0.825. The molecule has 15 nitrogen and oxygen atoms in total. The third-order valence-corrected chi connectivity index (χ3v) is 11.8. The minimum absolute atomic E-state index is 0.200. The fourth-order valence-corrected chi connectivity index (χ4v) is 8.21. The number of carboxylic acid groups (broad SMARTS) is 1. The average molecular weight is 788 g/mol. The van der Waals surface area contributed by atoms with Crippen LogP contribution < -0.4 is 14.9 Å². The lowest BCUT2D eigenvalue weighted by Gasteiger charge is -2.30. The van der Waals surface area contributed by atoms with Gasteiger partial charge in [-0.25, -0.2) is 24.5 Å². The Hall–Kier alpha value is -5.09. The average Bonchev–Trinajstić information content (AvgIpc) is 3.89. The van der Waals surface area contributed by atoms with Gasteiger partial charge >= 0.3 is 12.2 Å². The number of ether oxygens (including phenoxy) is 1. The van der Waals surface area contributed by atoms with E-state index in [2.05, 4.69) is 32.1 Å². The topological polar surface area (TPSA) is 160 Å². The first kappa shape index (κ1) is 40.6. The van der Waals surface area contributed by atoms with Gasteiger partial charge in [0.15, 0.2) is 5.16 Å². The molecule has 4 aromatic rings. The van der Waals surface area contributed by atoms with Crippen LogP contribution in [0.3, 0.4) is 0 Å². The largest absolute Gasteiger partial charge is 0.465 e. The fraction of sp³-hybridized carbons (Fsp3) is 0.500. The number of anilines is 1. The number of hydrogen-bond acceptors (Lipinski definition) is 10. The van der Waals surface area contributed by atoms with E-state index < -0.39 is 12.2 Å². The molecule has 3 aliphatic heterocycles. The molecule has 3 aromatic heterocycles. The zero-order chi connectivity index (χ0) is 39.3. The van der Waals surface area contributed by atoms with Gasteiger partial charge in [-0.2, -0.15) is 4.73 Å². The molecule has 3 aliphatic rings. The number of hydrogen-bond donors (Lipinski definition) is 2. The number of carbonyl (C=O) groups is 3. The second-order valence-electron chi connectivity index (χ2n) is 14.9. The van der Waals surface area contributed by atoms with E-state index in [4.69, 9.17) is 14.7 Å². The quantitative estimate of drug-likeness (QED) is 0.172. The lowest BCUT2D eigenvalue weighted by Crippen LogP contribution is -2.40. The molecule has 3 amide bonds. The van der Waals surface area contributed by atoms with Crippen molar-refractivity contribution in [2.75, 3.05) is 56.9 Å². The molecule has 300 valence electrons. The number of likely N-dealkylation sites (tertiary alicyclic amines) is 3. The van der Waals surface area contributed by atoms with Gasteiger partial charge in [-0.1, -0.05) is 30.8 Å². The summed E-state index contributed by atoms with van der Waals surface area (Å²) in [6.45, 7) is 8.63. The summed E-state index contributed by atoms with van der Waals surface area (Å²) in [5.41, 5.74) is 2.35. The number of thioether (sulfide) groups is 1. The number of imidazole rings is 2. The maximum atomic E-state index is 12.7. The Morgan fingerprint density at radius 2 is 1.64 bits per heavy atom. The monoisotopic (exact) mass is 787 g/mol. The molecule has 0 spiro atoms. The van der Waals surface area contributed by atoms with E-state index in [1.54, 1.807) is 52.2 Å². The van der Waals surface area contributed by atoms with E-state index >= 15 is 0 Å².